The first-order valence-corrected chi connectivity index (χ1v) is 12.0. The van der Waals surface area contributed by atoms with E-state index in [1.54, 1.807) is 0 Å². The third kappa shape index (κ3) is 5.92. The van der Waals surface area contributed by atoms with E-state index in [2.05, 4.69) is 5.32 Å². The minimum atomic E-state index is -1.03. The third-order valence-electron chi connectivity index (χ3n) is 4.97. The van der Waals surface area contributed by atoms with Crippen LogP contribution in [0.25, 0.3) is 0 Å². The monoisotopic (exact) mass is 574 g/mol. The standard InChI is InChI=1S/C23H18Cl4N2O7/c1-2-3-8-35-23(34)11-4-6-12(7-5-11)28-13(30)10-36-14(31)9-29-21(32)15-16(22(29)33)18(25)20(27)19(26)17(15)24/h4-7H,2-3,8-10H2,1H3,(H,28,30). The largest absolute Gasteiger partial charge is 0.462 e. The molecule has 3 rings (SSSR count). The van der Waals surface area contributed by atoms with E-state index in [0.29, 0.717) is 22.8 Å². The molecule has 1 heterocycles. The van der Waals surface area contributed by atoms with Gasteiger partial charge in [0.15, 0.2) is 6.61 Å². The SMILES string of the molecule is CCCCOC(=O)c1ccc(NC(=O)COC(=O)CN2C(=O)c3c(Cl)c(Cl)c(Cl)c(Cl)c3C2=O)cc1. The predicted molar refractivity (Wildman–Crippen MR) is 133 cm³/mol. The van der Waals surface area contributed by atoms with Crippen molar-refractivity contribution in [1.29, 1.82) is 0 Å². The molecule has 3 amide bonds. The van der Waals surface area contributed by atoms with Crippen LogP contribution in [-0.2, 0) is 19.1 Å². The highest BCUT2D eigenvalue weighted by Crippen LogP contribution is 2.44. The van der Waals surface area contributed by atoms with Crippen LogP contribution in [0.1, 0.15) is 50.8 Å². The number of nitrogens with zero attached hydrogens (tertiary/aromatic N) is 1. The van der Waals surface area contributed by atoms with Crippen molar-refractivity contribution in [2.24, 2.45) is 0 Å². The molecule has 36 heavy (non-hydrogen) atoms. The van der Waals surface area contributed by atoms with Gasteiger partial charge in [0, 0.05) is 5.69 Å². The fourth-order valence-electron chi connectivity index (χ4n) is 3.14. The number of ether oxygens (including phenoxy) is 2. The maximum absolute atomic E-state index is 12.6. The molecule has 0 fully saturated rings. The normalized spacial score (nSPS) is 12.4. The zero-order valence-corrected chi connectivity index (χ0v) is 21.7. The molecule has 13 heteroatoms. The molecule has 0 bridgehead atoms. The second kappa shape index (κ2) is 11.9. The summed E-state index contributed by atoms with van der Waals surface area (Å²) in [6.45, 7) is 0.811. The van der Waals surface area contributed by atoms with Crippen LogP contribution in [0, 0.1) is 0 Å². The molecular formula is C23H18Cl4N2O7. The van der Waals surface area contributed by atoms with E-state index in [-0.39, 0.29) is 31.2 Å². The Balaban J connectivity index is 1.54. The van der Waals surface area contributed by atoms with Crippen molar-refractivity contribution in [3.05, 3.63) is 61.0 Å². The van der Waals surface area contributed by atoms with Gasteiger partial charge in [-0.3, -0.25) is 24.1 Å². The van der Waals surface area contributed by atoms with E-state index < -0.39 is 42.8 Å². The molecule has 0 saturated heterocycles. The number of hydrogen-bond acceptors (Lipinski definition) is 7. The molecule has 0 aromatic heterocycles. The Morgan fingerprint density at radius 1 is 0.861 bits per heavy atom. The van der Waals surface area contributed by atoms with Crippen LogP contribution < -0.4 is 5.32 Å². The number of anilines is 1. The van der Waals surface area contributed by atoms with Gasteiger partial charge in [0.1, 0.15) is 6.54 Å². The summed E-state index contributed by atoms with van der Waals surface area (Å²) in [5.41, 5.74) is 0.118. The lowest BCUT2D eigenvalue weighted by Gasteiger charge is -2.13. The lowest BCUT2D eigenvalue weighted by Crippen LogP contribution is -2.36. The summed E-state index contributed by atoms with van der Waals surface area (Å²) in [6, 6.07) is 5.93. The van der Waals surface area contributed by atoms with Gasteiger partial charge in [0.05, 0.1) is 43.4 Å². The predicted octanol–water partition coefficient (Wildman–Crippen LogP) is 5.04. The molecule has 1 aliphatic rings. The summed E-state index contributed by atoms with van der Waals surface area (Å²) >= 11 is 24.0. The zero-order chi connectivity index (χ0) is 26.6. The van der Waals surface area contributed by atoms with Crippen LogP contribution in [0.2, 0.25) is 20.1 Å². The molecule has 0 radical (unpaired) electrons. The van der Waals surface area contributed by atoms with Crippen LogP contribution in [0.15, 0.2) is 24.3 Å². The highest BCUT2D eigenvalue weighted by Gasteiger charge is 2.42. The van der Waals surface area contributed by atoms with Crippen molar-refractivity contribution >= 4 is 81.8 Å². The molecule has 0 saturated carbocycles. The molecule has 0 unspecified atom stereocenters. The summed E-state index contributed by atoms with van der Waals surface area (Å²) in [7, 11) is 0. The number of carbonyl (C=O) groups excluding carboxylic acids is 5. The number of rotatable bonds is 9. The summed E-state index contributed by atoms with van der Waals surface area (Å²) in [4.78, 5) is 62.1. The van der Waals surface area contributed by atoms with E-state index in [1.165, 1.54) is 24.3 Å². The summed E-state index contributed by atoms with van der Waals surface area (Å²) in [5, 5.41) is 1.55. The highest BCUT2D eigenvalue weighted by molar-refractivity contribution is 6.55. The van der Waals surface area contributed by atoms with E-state index in [1.807, 2.05) is 6.92 Å². The second-order valence-corrected chi connectivity index (χ2v) is 8.99. The Labute approximate surface area is 225 Å². The first-order valence-electron chi connectivity index (χ1n) is 10.5. The minimum Gasteiger partial charge on any atom is -0.462 e. The van der Waals surface area contributed by atoms with Crippen LogP contribution in [0.3, 0.4) is 0 Å². The summed E-state index contributed by atoms with van der Waals surface area (Å²) < 4.78 is 9.97. The quantitative estimate of drug-likeness (QED) is 0.146. The zero-order valence-electron chi connectivity index (χ0n) is 18.7. The Morgan fingerprint density at radius 2 is 1.42 bits per heavy atom. The highest BCUT2D eigenvalue weighted by atomic mass is 35.5. The molecule has 190 valence electrons. The molecular weight excluding hydrogens is 558 g/mol. The van der Waals surface area contributed by atoms with Crippen molar-refractivity contribution in [3.8, 4) is 0 Å². The number of imide groups is 1. The fraction of sp³-hybridized carbons (Fsp3) is 0.261. The molecule has 0 spiro atoms. The smallest absolute Gasteiger partial charge is 0.338 e. The van der Waals surface area contributed by atoms with Crippen LogP contribution in [0.5, 0.6) is 0 Å². The maximum Gasteiger partial charge on any atom is 0.338 e. The van der Waals surface area contributed by atoms with Crippen molar-refractivity contribution in [2.75, 3.05) is 25.1 Å². The number of nitrogens with one attached hydrogen (secondary N) is 1. The number of unbranched alkanes of at least 4 members (excludes halogenated alkanes) is 1. The number of hydrogen-bond donors (Lipinski definition) is 1. The van der Waals surface area contributed by atoms with Gasteiger partial charge in [-0.15, -0.1) is 0 Å². The van der Waals surface area contributed by atoms with Gasteiger partial charge in [0.25, 0.3) is 17.7 Å². The van der Waals surface area contributed by atoms with E-state index >= 15 is 0 Å². The van der Waals surface area contributed by atoms with E-state index in [4.69, 9.17) is 55.9 Å². The number of carbonyl (C=O) groups is 5. The van der Waals surface area contributed by atoms with Crippen molar-refractivity contribution in [1.82, 2.24) is 4.90 Å². The average molecular weight is 576 g/mol. The van der Waals surface area contributed by atoms with Gasteiger partial charge in [-0.1, -0.05) is 59.7 Å². The molecule has 2 aromatic carbocycles. The Hall–Kier alpha value is -2.85. The first-order chi connectivity index (χ1) is 17.1. The van der Waals surface area contributed by atoms with Gasteiger partial charge < -0.3 is 14.8 Å². The van der Waals surface area contributed by atoms with Crippen LogP contribution >= 0.6 is 46.4 Å². The number of benzene rings is 2. The number of fused-ring (bicyclic) bond motifs is 1. The minimum absolute atomic E-state index is 0.203. The molecule has 9 nitrogen and oxygen atoms in total. The van der Waals surface area contributed by atoms with Gasteiger partial charge in [-0.25, -0.2) is 4.79 Å². The fourth-order valence-corrected chi connectivity index (χ4v) is 4.15. The molecule has 2 aromatic rings. The van der Waals surface area contributed by atoms with Crippen molar-refractivity contribution in [2.45, 2.75) is 19.8 Å². The average Bonchev–Trinajstić information content (AvgIpc) is 3.10. The molecule has 1 N–H and O–H groups in total. The van der Waals surface area contributed by atoms with Gasteiger partial charge >= 0.3 is 11.9 Å². The van der Waals surface area contributed by atoms with Crippen molar-refractivity contribution in [3.63, 3.8) is 0 Å². The molecule has 0 aliphatic carbocycles. The summed E-state index contributed by atoms with van der Waals surface area (Å²) in [6.07, 6.45) is 1.66. The Bertz CT molecular complexity index is 1200. The summed E-state index contributed by atoms with van der Waals surface area (Å²) in [5.74, 6) is -4.01. The third-order valence-corrected chi connectivity index (χ3v) is 6.77. The van der Waals surface area contributed by atoms with Gasteiger partial charge in [-0.2, -0.15) is 0 Å². The molecule has 1 aliphatic heterocycles. The number of esters is 2. The van der Waals surface area contributed by atoms with E-state index in [0.717, 1.165) is 12.8 Å². The number of amides is 3. The van der Waals surface area contributed by atoms with Gasteiger partial charge in [-0.05, 0) is 30.7 Å². The van der Waals surface area contributed by atoms with Crippen molar-refractivity contribution < 1.29 is 33.4 Å². The lowest BCUT2D eigenvalue weighted by molar-refractivity contribution is -0.147. The first kappa shape index (κ1) is 27.7. The maximum atomic E-state index is 12.6. The topological polar surface area (TPSA) is 119 Å². The van der Waals surface area contributed by atoms with Crippen LogP contribution in [-0.4, -0.2) is 54.3 Å². The van der Waals surface area contributed by atoms with E-state index in [9.17, 15) is 24.0 Å². The Morgan fingerprint density at radius 3 is 1.94 bits per heavy atom. The van der Waals surface area contributed by atoms with Crippen LogP contribution in [0.4, 0.5) is 5.69 Å². The number of halogens is 4. The lowest BCUT2D eigenvalue weighted by atomic mass is 10.1. The van der Waals surface area contributed by atoms with Gasteiger partial charge in [0.2, 0.25) is 0 Å². The Kier molecular flexibility index (Phi) is 9.19. The molecule has 0 atom stereocenters. The second-order valence-electron chi connectivity index (χ2n) is 7.48.